The number of carbonyl (C=O) groups excluding carboxylic acids is 1. The molecule has 2 N–H and O–H groups in total. The van der Waals surface area contributed by atoms with Gasteiger partial charge in [-0.3, -0.25) is 9.36 Å². The average molecular weight is 521 g/mol. The number of alkyl halides is 3. The van der Waals surface area contributed by atoms with Crippen LogP contribution >= 0.6 is 11.6 Å². The Kier molecular flexibility index (Phi) is 7.50. The first-order valence-electron chi connectivity index (χ1n) is 10.0. The molecule has 35 heavy (non-hydrogen) atoms. The lowest BCUT2D eigenvalue weighted by atomic mass is 10.1. The van der Waals surface area contributed by atoms with Crippen LogP contribution in [0.4, 0.5) is 27.6 Å². The van der Waals surface area contributed by atoms with Crippen LogP contribution in [0.25, 0.3) is 5.69 Å². The summed E-state index contributed by atoms with van der Waals surface area (Å²) in [4.78, 5) is 25.4. The van der Waals surface area contributed by atoms with Crippen molar-refractivity contribution in [2.45, 2.75) is 39.3 Å². The van der Waals surface area contributed by atoms with Gasteiger partial charge >= 0.3 is 11.9 Å². The number of aliphatic hydroxyl groups is 1. The first-order chi connectivity index (χ1) is 16.4. The summed E-state index contributed by atoms with van der Waals surface area (Å²) in [5.74, 6) is -4.96. The van der Waals surface area contributed by atoms with Gasteiger partial charge in [-0.05, 0) is 38.1 Å². The van der Waals surface area contributed by atoms with Gasteiger partial charge in [0.15, 0.2) is 23.5 Å². The summed E-state index contributed by atoms with van der Waals surface area (Å²) < 4.78 is 75.4. The number of hydrogen-bond donors (Lipinski definition) is 2. The van der Waals surface area contributed by atoms with E-state index in [0.29, 0.717) is 11.6 Å². The van der Waals surface area contributed by atoms with E-state index in [-0.39, 0.29) is 17.4 Å². The molecule has 14 heteroatoms. The number of anilines is 1. The van der Waals surface area contributed by atoms with Crippen molar-refractivity contribution in [1.82, 2.24) is 14.3 Å². The molecule has 8 nitrogen and oxygen atoms in total. The van der Waals surface area contributed by atoms with E-state index in [1.807, 2.05) is 0 Å². The van der Waals surface area contributed by atoms with Crippen molar-refractivity contribution >= 4 is 23.2 Å². The Morgan fingerprint density at radius 1 is 1.26 bits per heavy atom. The zero-order valence-electron chi connectivity index (χ0n) is 18.2. The van der Waals surface area contributed by atoms with Gasteiger partial charge in [-0.25, -0.2) is 13.6 Å². The van der Waals surface area contributed by atoms with Gasteiger partial charge in [0.05, 0.1) is 16.3 Å². The number of hydrogen-bond acceptors (Lipinski definition) is 5. The summed E-state index contributed by atoms with van der Waals surface area (Å²) in [6.07, 6.45) is -7.50. The molecule has 0 aliphatic rings. The number of halogens is 6. The van der Waals surface area contributed by atoms with E-state index >= 15 is 4.39 Å². The van der Waals surface area contributed by atoms with Gasteiger partial charge in [0.2, 0.25) is 0 Å². The lowest BCUT2D eigenvalue weighted by molar-refractivity contribution is -0.189. The summed E-state index contributed by atoms with van der Waals surface area (Å²) in [5.41, 5.74) is -2.74. The van der Waals surface area contributed by atoms with E-state index in [0.717, 1.165) is 22.8 Å². The smallest absolute Gasteiger partial charge is 0.425 e. The largest absolute Gasteiger partial charge is 0.477 e. The van der Waals surface area contributed by atoms with Crippen LogP contribution < -0.4 is 15.7 Å². The van der Waals surface area contributed by atoms with Crippen LogP contribution in [-0.4, -0.2) is 37.6 Å². The lowest BCUT2D eigenvalue weighted by Crippen LogP contribution is -2.32. The van der Waals surface area contributed by atoms with Gasteiger partial charge < -0.3 is 15.2 Å². The average Bonchev–Trinajstić information content (AvgIpc) is 3.11. The number of amides is 1. The monoisotopic (exact) mass is 520 g/mol. The molecule has 0 fully saturated rings. The summed E-state index contributed by atoms with van der Waals surface area (Å²) in [6, 6.07) is 5.28. The number of ether oxygens (including phenoxy) is 1. The van der Waals surface area contributed by atoms with Crippen LogP contribution in [0.2, 0.25) is 5.02 Å². The number of aliphatic hydroxyl groups excluding tert-OH is 1. The van der Waals surface area contributed by atoms with Crippen molar-refractivity contribution in [3.8, 4) is 11.4 Å². The molecule has 0 saturated heterocycles. The number of benzene rings is 2. The summed E-state index contributed by atoms with van der Waals surface area (Å²) in [6.45, 7) is 1.54. The Morgan fingerprint density at radius 3 is 2.49 bits per heavy atom. The van der Waals surface area contributed by atoms with Gasteiger partial charge in [0.1, 0.15) is 18.1 Å². The van der Waals surface area contributed by atoms with E-state index in [1.54, 1.807) is 6.92 Å². The molecule has 188 valence electrons. The van der Waals surface area contributed by atoms with E-state index in [4.69, 9.17) is 16.3 Å². The molecule has 1 atom stereocenters. The predicted octanol–water partition coefficient (Wildman–Crippen LogP) is 4.06. The Labute approximate surface area is 199 Å². The van der Waals surface area contributed by atoms with E-state index in [9.17, 15) is 32.3 Å². The maximum absolute atomic E-state index is 15.5. The van der Waals surface area contributed by atoms with Gasteiger partial charge in [0.25, 0.3) is 5.91 Å². The highest BCUT2D eigenvalue weighted by Crippen LogP contribution is 2.33. The maximum atomic E-state index is 15.5. The molecule has 0 saturated carbocycles. The Bertz CT molecular complexity index is 1300. The Morgan fingerprint density at radius 2 is 1.94 bits per heavy atom. The third kappa shape index (κ3) is 5.15. The summed E-state index contributed by atoms with van der Waals surface area (Å²) in [5, 5.41) is 15.1. The van der Waals surface area contributed by atoms with Crippen molar-refractivity contribution in [1.29, 1.82) is 0 Å². The second kappa shape index (κ2) is 10.0. The van der Waals surface area contributed by atoms with Gasteiger partial charge in [-0.2, -0.15) is 17.9 Å². The molecular formula is C21H18ClF5N4O4. The molecule has 1 heterocycles. The lowest BCUT2D eigenvalue weighted by Gasteiger charge is -2.21. The number of carbonyl (C=O) groups is 1. The highest BCUT2D eigenvalue weighted by atomic mass is 35.5. The van der Waals surface area contributed by atoms with Crippen molar-refractivity contribution in [3.05, 3.63) is 68.9 Å². The van der Waals surface area contributed by atoms with Crippen molar-refractivity contribution in [3.63, 3.8) is 0 Å². The molecule has 3 aromatic rings. The quantitative estimate of drug-likeness (QED) is 0.458. The van der Waals surface area contributed by atoms with E-state index < -0.39 is 64.8 Å². The number of nitrogens with zero attached hydrogens (tertiary/aromatic N) is 3. The molecular weight excluding hydrogens is 503 g/mol. The van der Waals surface area contributed by atoms with Crippen LogP contribution in [0.3, 0.4) is 0 Å². The molecule has 0 radical (unpaired) electrons. The van der Waals surface area contributed by atoms with Crippen LogP contribution in [0, 0.1) is 11.6 Å². The van der Waals surface area contributed by atoms with Crippen molar-refractivity contribution in [2.75, 3.05) is 5.32 Å². The predicted molar refractivity (Wildman–Crippen MR) is 115 cm³/mol. The summed E-state index contributed by atoms with van der Waals surface area (Å²) >= 11 is 5.87. The fourth-order valence-corrected chi connectivity index (χ4v) is 3.28. The zero-order chi connectivity index (χ0) is 26.1. The number of rotatable bonds is 7. The second-order valence-electron chi connectivity index (χ2n) is 7.14. The number of nitrogens with one attached hydrogen (secondary N) is 1. The topological polar surface area (TPSA) is 98.4 Å². The minimum atomic E-state index is -4.93. The third-order valence-electron chi connectivity index (χ3n) is 4.90. The van der Waals surface area contributed by atoms with Gasteiger partial charge in [-0.15, -0.1) is 5.10 Å². The van der Waals surface area contributed by atoms with Crippen LogP contribution in [-0.2, 0) is 13.2 Å². The van der Waals surface area contributed by atoms with Crippen molar-refractivity contribution < 1.29 is 36.6 Å². The number of aromatic nitrogens is 3. The Hall–Kier alpha value is -3.45. The Balaban J connectivity index is 2.16. The maximum Gasteiger partial charge on any atom is 0.425 e. The van der Waals surface area contributed by atoms with E-state index in [2.05, 4.69) is 10.4 Å². The van der Waals surface area contributed by atoms with Gasteiger partial charge in [-0.1, -0.05) is 17.7 Å². The minimum absolute atomic E-state index is 0.0642. The highest BCUT2D eigenvalue weighted by molar-refractivity contribution is 6.34. The molecule has 0 bridgehead atoms. The van der Waals surface area contributed by atoms with Crippen LogP contribution in [0.15, 0.2) is 35.1 Å². The molecule has 0 spiro atoms. The first-order valence-corrected chi connectivity index (χ1v) is 10.4. The van der Waals surface area contributed by atoms with E-state index in [1.165, 1.54) is 12.1 Å². The summed E-state index contributed by atoms with van der Waals surface area (Å²) in [7, 11) is 0. The molecule has 0 unspecified atom stereocenters. The minimum Gasteiger partial charge on any atom is -0.477 e. The molecule has 1 aromatic heterocycles. The fraction of sp³-hybridized carbons (Fsp3) is 0.286. The van der Waals surface area contributed by atoms with Crippen LogP contribution in [0.1, 0.15) is 30.0 Å². The zero-order valence-corrected chi connectivity index (χ0v) is 18.9. The first kappa shape index (κ1) is 26.2. The normalized spacial score (nSPS) is 12.5. The fourth-order valence-electron chi connectivity index (χ4n) is 3.07. The van der Waals surface area contributed by atoms with Gasteiger partial charge in [0, 0.05) is 6.54 Å². The molecule has 3 rings (SSSR count). The molecule has 0 aliphatic carbocycles. The standard InChI is InChI=1S/C21H18ClF5N4O4/c1-3-30-15(9-32)29-31(20(30)34)14-8-7-11(18(16(14)24)35-10(2)21(25,26)27)19(33)28-17-12(22)5-4-6-13(17)23/h4-8,10,32H,3,9H2,1-2H3,(H,28,33)/t10-/m0/s1. The number of para-hydroxylation sites is 1. The molecule has 1 amide bonds. The molecule has 2 aromatic carbocycles. The third-order valence-corrected chi connectivity index (χ3v) is 5.22. The van der Waals surface area contributed by atoms with Crippen LogP contribution in [0.5, 0.6) is 5.75 Å². The SMILES string of the molecule is CCn1c(CO)nn(-c2ccc(C(=O)Nc3c(F)cccc3Cl)c(O[C@@H](C)C(F)(F)F)c2F)c1=O. The molecule has 0 aliphatic heterocycles. The highest BCUT2D eigenvalue weighted by Gasteiger charge is 2.39. The second-order valence-corrected chi connectivity index (χ2v) is 7.55. The van der Waals surface area contributed by atoms with Crippen molar-refractivity contribution in [2.24, 2.45) is 0 Å².